The predicted octanol–water partition coefficient (Wildman–Crippen LogP) is -0.260. The maximum absolute atomic E-state index is 11.6. The highest BCUT2D eigenvalue weighted by Crippen LogP contribution is 2.27. The second kappa shape index (κ2) is 4.93. The molecule has 100 valence electrons. The van der Waals surface area contributed by atoms with Gasteiger partial charge in [0.1, 0.15) is 5.54 Å². The zero-order valence-corrected chi connectivity index (χ0v) is 10.9. The molecule has 1 aromatic carbocycles. The monoisotopic (exact) mass is 279 g/mol. The molecule has 0 radical (unpaired) electrons. The normalized spacial score (nSPS) is 21.9. The Morgan fingerprint density at radius 3 is 2.63 bits per heavy atom. The third-order valence-electron chi connectivity index (χ3n) is 2.74. The number of thioether (sulfide) groups is 1. The summed E-state index contributed by atoms with van der Waals surface area (Å²) in [6.45, 7) is 1.59. The lowest BCUT2D eigenvalue weighted by molar-refractivity contribution is -0.255. The molecule has 1 heterocycles. The highest BCUT2D eigenvalue weighted by Gasteiger charge is 2.41. The highest BCUT2D eigenvalue weighted by atomic mass is 32.2. The number of urea groups is 1. The molecule has 2 N–H and O–H groups in total. The zero-order valence-electron chi connectivity index (χ0n) is 10.1. The number of rotatable bonds is 4. The van der Waals surface area contributed by atoms with Crippen molar-refractivity contribution in [3.63, 3.8) is 0 Å². The molecular weight excluding hydrogens is 268 g/mol. The summed E-state index contributed by atoms with van der Waals surface area (Å²) in [6, 6.07) is 5.83. The van der Waals surface area contributed by atoms with E-state index in [1.807, 2.05) is 0 Å². The molecule has 0 aliphatic carbocycles. The van der Waals surface area contributed by atoms with Crippen LogP contribution in [0.25, 0.3) is 0 Å². The van der Waals surface area contributed by atoms with Crippen LogP contribution in [0.5, 0.6) is 0 Å². The Morgan fingerprint density at radius 2 is 2.05 bits per heavy atom. The Morgan fingerprint density at radius 1 is 1.37 bits per heavy atom. The average Bonchev–Trinajstić information content (AvgIpc) is 2.61. The van der Waals surface area contributed by atoms with Crippen molar-refractivity contribution < 1.29 is 19.5 Å². The summed E-state index contributed by atoms with van der Waals surface area (Å²) in [7, 11) is 0. The van der Waals surface area contributed by atoms with E-state index in [1.165, 1.54) is 17.8 Å². The fraction of sp³-hybridized carbons (Fsp3) is 0.250. The molecular formula is C12H11N2O4S-. The molecule has 1 fully saturated rings. The van der Waals surface area contributed by atoms with Crippen molar-refractivity contribution in [3.05, 3.63) is 29.8 Å². The number of carboxylic acid groups (broad SMARTS) is 1. The summed E-state index contributed by atoms with van der Waals surface area (Å²) in [6.07, 6.45) is 0. The molecule has 7 heteroatoms. The second-order valence-electron chi connectivity index (χ2n) is 4.31. The first-order valence-electron chi connectivity index (χ1n) is 5.49. The van der Waals surface area contributed by atoms with E-state index >= 15 is 0 Å². The molecule has 19 heavy (non-hydrogen) atoms. The van der Waals surface area contributed by atoms with Crippen LogP contribution < -0.4 is 15.7 Å². The minimum Gasteiger partial charge on any atom is -0.545 e. The number of carbonyl (C=O) groups excluding carboxylic acids is 3. The topological polar surface area (TPSA) is 98.3 Å². The van der Waals surface area contributed by atoms with Crippen molar-refractivity contribution in [1.29, 1.82) is 0 Å². The van der Waals surface area contributed by atoms with E-state index in [1.54, 1.807) is 25.1 Å². The molecule has 1 aliphatic rings. The quantitative estimate of drug-likeness (QED) is 0.584. The smallest absolute Gasteiger partial charge is 0.322 e. The van der Waals surface area contributed by atoms with E-state index in [0.717, 1.165) is 0 Å². The number of carbonyl (C=O) groups is 3. The highest BCUT2D eigenvalue weighted by molar-refractivity contribution is 7.99. The molecule has 3 amide bonds. The maximum atomic E-state index is 11.6. The molecule has 1 aromatic rings. The van der Waals surface area contributed by atoms with Gasteiger partial charge in [0.25, 0.3) is 5.91 Å². The SMILES string of the molecule is C[C@@]1(CSc2ccccc2C(=O)[O-])NC(=O)NC1=O. The van der Waals surface area contributed by atoms with Gasteiger partial charge in [-0.1, -0.05) is 18.2 Å². The first-order valence-corrected chi connectivity index (χ1v) is 6.48. The Hall–Kier alpha value is -2.02. The van der Waals surface area contributed by atoms with Gasteiger partial charge >= 0.3 is 6.03 Å². The van der Waals surface area contributed by atoms with Gasteiger partial charge in [-0.25, -0.2) is 4.79 Å². The van der Waals surface area contributed by atoms with Gasteiger partial charge in [0.05, 0.1) is 5.97 Å². The van der Waals surface area contributed by atoms with Gasteiger partial charge in [0.15, 0.2) is 0 Å². The van der Waals surface area contributed by atoms with Gasteiger partial charge in [0.2, 0.25) is 0 Å². The van der Waals surface area contributed by atoms with Crippen LogP contribution in [0.4, 0.5) is 4.79 Å². The number of benzene rings is 1. The van der Waals surface area contributed by atoms with Crippen molar-refractivity contribution in [2.24, 2.45) is 0 Å². The lowest BCUT2D eigenvalue weighted by atomic mass is 10.1. The molecule has 6 nitrogen and oxygen atoms in total. The number of hydrogen-bond donors (Lipinski definition) is 2. The van der Waals surface area contributed by atoms with Crippen molar-refractivity contribution >= 4 is 29.7 Å². The standard InChI is InChI=1S/C12H12N2O4S/c1-12(10(17)13-11(18)14-12)6-19-8-5-3-2-4-7(8)9(15)16/h2-5H,6H2,1H3,(H,15,16)(H2,13,14,17,18)/p-1/t12-/m0/s1. The van der Waals surface area contributed by atoms with E-state index in [4.69, 9.17) is 0 Å². The van der Waals surface area contributed by atoms with Crippen LogP contribution >= 0.6 is 11.8 Å². The van der Waals surface area contributed by atoms with Gasteiger partial charge < -0.3 is 15.2 Å². The van der Waals surface area contributed by atoms with Crippen molar-refractivity contribution in [1.82, 2.24) is 10.6 Å². The van der Waals surface area contributed by atoms with Crippen molar-refractivity contribution in [2.75, 3.05) is 5.75 Å². The van der Waals surface area contributed by atoms with Gasteiger partial charge in [-0.05, 0) is 13.0 Å². The van der Waals surface area contributed by atoms with Crippen LogP contribution in [-0.2, 0) is 4.79 Å². The fourth-order valence-corrected chi connectivity index (χ4v) is 2.79. The summed E-state index contributed by atoms with van der Waals surface area (Å²) in [5.41, 5.74) is -0.971. The number of nitrogens with one attached hydrogen (secondary N) is 2. The summed E-state index contributed by atoms with van der Waals surface area (Å²) >= 11 is 1.18. The van der Waals surface area contributed by atoms with E-state index in [-0.39, 0.29) is 11.3 Å². The molecule has 0 saturated carbocycles. The van der Waals surface area contributed by atoms with Gasteiger partial charge in [-0.2, -0.15) is 0 Å². The molecule has 0 bridgehead atoms. The second-order valence-corrected chi connectivity index (χ2v) is 5.33. The lowest BCUT2D eigenvalue weighted by Crippen LogP contribution is -2.46. The lowest BCUT2D eigenvalue weighted by Gasteiger charge is -2.20. The average molecular weight is 279 g/mol. The predicted molar refractivity (Wildman–Crippen MR) is 66.6 cm³/mol. The molecule has 0 spiro atoms. The minimum atomic E-state index is -1.27. The first-order chi connectivity index (χ1) is 8.92. The fourth-order valence-electron chi connectivity index (χ4n) is 1.66. The molecule has 1 aliphatic heterocycles. The van der Waals surface area contributed by atoms with Gasteiger partial charge in [-0.15, -0.1) is 11.8 Å². The van der Waals surface area contributed by atoms with E-state index in [0.29, 0.717) is 4.90 Å². The summed E-state index contributed by atoms with van der Waals surface area (Å²) < 4.78 is 0. The first kappa shape index (κ1) is 13.4. The summed E-state index contributed by atoms with van der Waals surface area (Å²) in [5, 5.41) is 15.6. The third kappa shape index (κ3) is 2.70. The molecule has 0 unspecified atom stereocenters. The minimum absolute atomic E-state index is 0.0702. The van der Waals surface area contributed by atoms with E-state index in [9.17, 15) is 19.5 Å². The molecule has 2 rings (SSSR count). The zero-order chi connectivity index (χ0) is 14.0. The van der Waals surface area contributed by atoms with Crippen LogP contribution in [0.3, 0.4) is 0 Å². The summed E-state index contributed by atoms with van der Waals surface area (Å²) in [4.78, 5) is 34.1. The number of amides is 3. The number of hydrogen-bond acceptors (Lipinski definition) is 5. The van der Waals surface area contributed by atoms with Crippen LogP contribution in [0.2, 0.25) is 0 Å². The van der Waals surface area contributed by atoms with Gasteiger partial charge in [-0.3, -0.25) is 10.1 Å². The number of imide groups is 1. The maximum Gasteiger partial charge on any atom is 0.322 e. The van der Waals surface area contributed by atoms with Crippen LogP contribution in [0.15, 0.2) is 29.2 Å². The molecule has 0 aromatic heterocycles. The van der Waals surface area contributed by atoms with Crippen LogP contribution in [-0.4, -0.2) is 29.2 Å². The van der Waals surface area contributed by atoms with Crippen LogP contribution in [0.1, 0.15) is 17.3 Å². The Labute approximate surface area is 113 Å². The van der Waals surface area contributed by atoms with E-state index in [2.05, 4.69) is 10.6 Å². The Balaban J connectivity index is 2.13. The number of carboxylic acids is 1. The third-order valence-corrected chi connectivity index (χ3v) is 4.13. The Bertz CT molecular complexity index is 560. The van der Waals surface area contributed by atoms with Crippen molar-refractivity contribution in [2.45, 2.75) is 17.4 Å². The molecule has 1 atom stereocenters. The van der Waals surface area contributed by atoms with Crippen LogP contribution in [0, 0.1) is 0 Å². The van der Waals surface area contributed by atoms with E-state index < -0.39 is 23.4 Å². The number of aromatic carboxylic acids is 1. The summed E-state index contributed by atoms with van der Waals surface area (Å²) in [5.74, 6) is -1.46. The van der Waals surface area contributed by atoms with Gasteiger partial charge in [0, 0.05) is 16.2 Å². The van der Waals surface area contributed by atoms with Crippen molar-refractivity contribution in [3.8, 4) is 0 Å². The largest absolute Gasteiger partial charge is 0.545 e. The molecule has 1 saturated heterocycles. The Kier molecular flexibility index (Phi) is 3.48.